The summed E-state index contributed by atoms with van der Waals surface area (Å²) in [6.07, 6.45) is 2.18. The lowest BCUT2D eigenvalue weighted by atomic mass is 10.1. The Labute approximate surface area is 111 Å². The highest BCUT2D eigenvalue weighted by Gasteiger charge is 2.25. The summed E-state index contributed by atoms with van der Waals surface area (Å²) in [5.74, 6) is -1.13. The number of benzene rings is 1. The predicted molar refractivity (Wildman–Crippen MR) is 68.9 cm³/mol. The highest BCUT2D eigenvalue weighted by Crippen LogP contribution is 2.25. The van der Waals surface area contributed by atoms with Crippen LogP contribution in [-0.4, -0.2) is 42.2 Å². The molecule has 4 nitrogen and oxygen atoms in total. The molecule has 0 aromatic heterocycles. The van der Waals surface area contributed by atoms with Crippen molar-refractivity contribution >= 4 is 5.97 Å². The zero-order valence-corrected chi connectivity index (χ0v) is 10.9. The number of likely N-dealkylation sites (N-methyl/N-ethyl adjacent to an activating group) is 1. The van der Waals surface area contributed by atoms with E-state index in [9.17, 15) is 9.18 Å². The molecule has 0 aliphatic heterocycles. The van der Waals surface area contributed by atoms with Crippen LogP contribution in [0.3, 0.4) is 0 Å². The number of aliphatic carboxylic acids is 1. The number of nitrogens with zero attached hydrogens (tertiary/aromatic N) is 1. The first-order chi connectivity index (χ1) is 9.06. The summed E-state index contributed by atoms with van der Waals surface area (Å²) < 4.78 is 19.0. The lowest BCUT2D eigenvalue weighted by molar-refractivity contribution is -0.136. The Bertz CT molecular complexity index is 460. The summed E-state index contributed by atoms with van der Waals surface area (Å²) in [7, 11) is 2.05. The van der Waals surface area contributed by atoms with Crippen molar-refractivity contribution < 1.29 is 19.0 Å². The van der Waals surface area contributed by atoms with Gasteiger partial charge >= 0.3 is 5.97 Å². The molecule has 1 fully saturated rings. The van der Waals surface area contributed by atoms with Crippen molar-refractivity contribution in [3.63, 3.8) is 0 Å². The van der Waals surface area contributed by atoms with Gasteiger partial charge in [-0.15, -0.1) is 0 Å². The minimum Gasteiger partial charge on any atom is -0.492 e. The average molecular weight is 267 g/mol. The molecular weight excluding hydrogens is 249 g/mol. The van der Waals surface area contributed by atoms with Crippen LogP contribution in [0.25, 0.3) is 0 Å². The number of halogens is 1. The van der Waals surface area contributed by atoms with Crippen LogP contribution >= 0.6 is 0 Å². The first-order valence-corrected chi connectivity index (χ1v) is 6.39. The molecule has 1 aliphatic carbocycles. The number of carbonyl (C=O) groups is 1. The van der Waals surface area contributed by atoms with E-state index < -0.39 is 11.8 Å². The van der Waals surface area contributed by atoms with Crippen molar-refractivity contribution in [2.24, 2.45) is 0 Å². The molecule has 0 heterocycles. The molecule has 104 valence electrons. The van der Waals surface area contributed by atoms with E-state index >= 15 is 0 Å². The number of carboxylic acids is 1. The average Bonchev–Trinajstić information content (AvgIpc) is 3.16. The number of ether oxygens (including phenoxy) is 1. The Balaban J connectivity index is 1.83. The van der Waals surface area contributed by atoms with E-state index in [2.05, 4.69) is 11.9 Å². The molecule has 0 bridgehead atoms. The van der Waals surface area contributed by atoms with E-state index in [4.69, 9.17) is 9.84 Å². The maximum atomic E-state index is 13.6. The van der Waals surface area contributed by atoms with Gasteiger partial charge in [0.15, 0.2) is 0 Å². The van der Waals surface area contributed by atoms with Crippen molar-refractivity contribution in [1.29, 1.82) is 0 Å². The summed E-state index contributed by atoms with van der Waals surface area (Å²) in [6.45, 7) is 1.31. The highest BCUT2D eigenvalue weighted by atomic mass is 19.1. The molecule has 19 heavy (non-hydrogen) atoms. The Hall–Kier alpha value is -1.62. The minimum absolute atomic E-state index is 0.176. The second-order valence-electron chi connectivity index (χ2n) is 4.88. The summed E-state index contributed by atoms with van der Waals surface area (Å²) in [6, 6.07) is 5.00. The number of rotatable bonds is 7. The van der Waals surface area contributed by atoms with Crippen LogP contribution in [0.15, 0.2) is 18.2 Å². The molecule has 0 saturated heterocycles. The number of hydrogen-bond donors (Lipinski definition) is 1. The monoisotopic (exact) mass is 267 g/mol. The van der Waals surface area contributed by atoms with Crippen molar-refractivity contribution in [3.8, 4) is 5.75 Å². The largest absolute Gasteiger partial charge is 0.492 e. The van der Waals surface area contributed by atoms with E-state index in [1.807, 2.05) is 0 Å². The smallest absolute Gasteiger partial charge is 0.307 e. The van der Waals surface area contributed by atoms with Gasteiger partial charge < -0.3 is 14.7 Å². The van der Waals surface area contributed by atoms with Gasteiger partial charge in [0.1, 0.15) is 18.2 Å². The van der Waals surface area contributed by atoms with E-state index in [1.54, 1.807) is 6.07 Å². The Morgan fingerprint density at radius 1 is 1.53 bits per heavy atom. The lowest BCUT2D eigenvalue weighted by Gasteiger charge is -2.16. The zero-order chi connectivity index (χ0) is 13.8. The zero-order valence-electron chi connectivity index (χ0n) is 10.9. The third-order valence-corrected chi connectivity index (χ3v) is 3.25. The van der Waals surface area contributed by atoms with Crippen LogP contribution in [-0.2, 0) is 11.2 Å². The summed E-state index contributed by atoms with van der Waals surface area (Å²) in [5, 5.41) is 8.62. The summed E-state index contributed by atoms with van der Waals surface area (Å²) in [4.78, 5) is 12.8. The van der Waals surface area contributed by atoms with Gasteiger partial charge in [-0.3, -0.25) is 4.79 Å². The van der Waals surface area contributed by atoms with E-state index in [1.165, 1.54) is 25.0 Å². The van der Waals surface area contributed by atoms with Crippen molar-refractivity contribution in [1.82, 2.24) is 4.90 Å². The molecule has 1 saturated carbocycles. The van der Waals surface area contributed by atoms with Crippen LogP contribution in [0.2, 0.25) is 0 Å². The summed E-state index contributed by atoms with van der Waals surface area (Å²) in [5.41, 5.74) is 0.176. The van der Waals surface area contributed by atoms with Gasteiger partial charge in [0.05, 0.1) is 6.42 Å². The second kappa shape index (κ2) is 6.02. The van der Waals surface area contributed by atoms with Gasteiger partial charge in [-0.2, -0.15) is 0 Å². The third kappa shape index (κ3) is 4.21. The first-order valence-electron chi connectivity index (χ1n) is 6.39. The Morgan fingerprint density at radius 2 is 2.26 bits per heavy atom. The standard InChI is InChI=1S/C14H18FNO3/c1-16(11-3-4-11)6-7-19-12-5-2-10(8-14(17)18)13(15)9-12/h2,5,9,11H,3-4,6-8H2,1H3,(H,17,18). The molecule has 1 aromatic rings. The molecule has 0 unspecified atom stereocenters. The second-order valence-corrected chi connectivity index (χ2v) is 4.88. The molecule has 0 radical (unpaired) electrons. The normalized spacial score (nSPS) is 14.7. The van der Waals surface area contributed by atoms with Crippen molar-refractivity contribution in [3.05, 3.63) is 29.6 Å². The quantitative estimate of drug-likeness (QED) is 0.820. The molecule has 5 heteroatoms. The first kappa shape index (κ1) is 13.8. The highest BCUT2D eigenvalue weighted by molar-refractivity contribution is 5.70. The molecule has 0 spiro atoms. The summed E-state index contributed by atoms with van der Waals surface area (Å²) >= 11 is 0. The van der Waals surface area contributed by atoms with Gasteiger partial charge in [-0.05, 0) is 31.5 Å². The van der Waals surface area contributed by atoms with Crippen LogP contribution in [0, 0.1) is 5.82 Å². The molecule has 1 N–H and O–H groups in total. The molecule has 0 atom stereocenters. The van der Waals surface area contributed by atoms with Gasteiger partial charge in [-0.25, -0.2) is 4.39 Å². The van der Waals surface area contributed by atoms with Gasteiger partial charge in [0.25, 0.3) is 0 Å². The lowest BCUT2D eigenvalue weighted by Crippen LogP contribution is -2.26. The molecule has 1 aromatic carbocycles. The number of hydrogen-bond acceptors (Lipinski definition) is 3. The Kier molecular flexibility index (Phi) is 4.37. The third-order valence-electron chi connectivity index (χ3n) is 3.25. The maximum absolute atomic E-state index is 13.6. The molecular formula is C14H18FNO3. The van der Waals surface area contributed by atoms with Gasteiger partial charge in [0.2, 0.25) is 0 Å². The van der Waals surface area contributed by atoms with Crippen LogP contribution in [0.1, 0.15) is 18.4 Å². The fourth-order valence-corrected chi connectivity index (χ4v) is 1.93. The van der Waals surface area contributed by atoms with Crippen LogP contribution in [0.4, 0.5) is 4.39 Å². The van der Waals surface area contributed by atoms with E-state index in [0.29, 0.717) is 18.4 Å². The molecule has 1 aliphatic rings. The van der Waals surface area contributed by atoms with E-state index in [-0.39, 0.29) is 12.0 Å². The van der Waals surface area contributed by atoms with Crippen LogP contribution < -0.4 is 4.74 Å². The molecule has 0 amide bonds. The minimum atomic E-state index is -1.04. The van der Waals surface area contributed by atoms with Crippen LogP contribution in [0.5, 0.6) is 5.75 Å². The fraction of sp³-hybridized carbons (Fsp3) is 0.500. The van der Waals surface area contributed by atoms with Crippen molar-refractivity contribution in [2.75, 3.05) is 20.2 Å². The molecule has 2 rings (SSSR count). The van der Waals surface area contributed by atoms with Gasteiger partial charge in [-0.1, -0.05) is 6.07 Å². The topological polar surface area (TPSA) is 49.8 Å². The van der Waals surface area contributed by atoms with E-state index in [0.717, 1.165) is 6.54 Å². The predicted octanol–water partition coefficient (Wildman–Crippen LogP) is 1.93. The number of carboxylic acid groups (broad SMARTS) is 1. The van der Waals surface area contributed by atoms with Gasteiger partial charge in [0, 0.05) is 18.7 Å². The maximum Gasteiger partial charge on any atom is 0.307 e. The Morgan fingerprint density at radius 3 is 2.84 bits per heavy atom. The van der Waals surface area contributed by atoms with Crippen molar-refractivity contribution in [2.45, 2.75) is 25.3 Å². The fourth-order valence-electron chi connectivity index (χ4n) is 1.93. The SMILES string of the molecule is CN(CCOc1ccc(CC(=O)O)c(F)c1)C1CC1.